The number of alkyl halides is 2. The molecule has 0 aromatic heterocycles. The van der Waals surface area contributed by atoms with Crippen molar-refractivity contribution in [3.63, 3.8) is 0 Å². The largest absolute Gasteiger partial charge is 0.481 e. The number of carboxylic acids is 1. The first kappa shape index (κ1) is 15.8. The van der Waals surface area contributed by atoms with Crippen LogP contribution >= 0.6 is 11.6 Å². The van der Waals surface area contributed by atoms with Crippen molar-refractivity contribution in [1.29, 1.82) is 0 Å². The third-order valence-electron chi connectivity index (χ3n) is 2.87. The summed E-state index contributed by atoms with van der Waals surface area (Å²) in [4.78, 5) is 12.3. The van der Waals surface area contributed by atoms with Crippen molar-refractivity contribution in [3.8, 4) is 0 Å². The van der Waals surface area contributed by atoms with Crippen LogP contribution in [0.2, 0.25) is 0 Å². The summed E-state index contributed by atoms with van der Waals surface area (Å²) in [5, 5.41) is 8.57. The van der Waals surface area contributed by atoms with E-state index in [2.05, 4.69) is 0 Å². The van der Waals surface area contributed by atoms with Crippen molar-refractivity contribution < 1.29 is 14.3 Å². The van der Waals surface area contributed by atoms with Gasteiger partial charge in [-0.1, -0.05) is 12.1 Å². The summed E-state index contributed by atoms with van der Waals surface area (Å²) in [5.74, 6) is -0.312. The van der Waals surface area contributed by atoms with Crippen LogP contribution in [0.3, 0.4) is 0 Å². The first-order valence-electron chi connectivity index (χ1n) is 6.35. The molecule has 0 bridgehead atoms. The Morgan fingerprint density at radius 3 is 2.47 bits per heavy atom. The van der Waals surface area contributed by atoms with Crippen LogP contribution < -0.4 is 4.90 Å². The molecule has 1 rings (SSSR count). The average Bonchev–Trinajstić information content (AvgIpc) is 2.39. The summed E-state index contributed by atoms with van der Waals surface area (Å²) in [6, 6.07) is 7.77. The second-order valence-electron chi connectivity index (χ2n) is 4.28. The fraction of sp³-hybridized carbons (Fsp3) is 0.500. The van der Waals surface area contributed by atoms with Gasteiger partial charge in [0, 0.05) is 31.1 Å². The molecule has 0 aliphatic heterocycles. The maximum Gasteiger partial charge on any atom is 0.303 e. The molecule has 0 atom stereocenters. The number of halogens is 2. The predicted molar refractivity (Wildman–Crippen MR) is 75.9 cm³/mol. The molecular formula is C14H19ClFNO2. The number of benzene rings is 1. The molecule has 0 saturated heterocycles. The van der Waals surface area contributed by atoms with Crippen LogP contribution in [0.4, 0.5) is 10.1 Å². The summed E-state index contributed by atoms with van der Waals surface area (Å²) in [5.41, 5.74) is 2.04. The molecule has 0 aliphatic carbocycles. The molecule has 0 spiro atoms. The molecule has 0 amide bonds. The smallest absolute Gasteiger partial charge is 0.303 e. The Bertz CT molecular complexity index is 378. The third-order valence-corrected chi connectivity index (χ3v) is 3.04. The van der Waals surface area contributed by atoms with Crippen LogP contribution in [0.15, 0.2) is 24.3 Å². The zero-order valence-corrected chi connectivity index (χ0v) is 11.6. The molecule has 0 unspecified atom stereocenters. The molecule has 0 aliphatic rings. The van der Waals surface area contributed by atoms with E-state index < -0.39 is 12.6 Å². The fourth-order valence-electron chi connectivity index (χ4n) is 1.89. The van der Waals surface area contributed by atoms with Gasteiger partial charge in [-0.3, -0.25) is 4.79 Å². The van der Waals surface area contributed by atoms with Crippen LogP contribution in [0.1, 0.15) is 18.4 Å². The van der Waals surface area contributed by atoms with Gasteiger partial charge < -0.3 is 10.0 Å². The molecule has 19 heavy (non-hydrogen) atoms. The van der Waals surface area contributed by atoms with Gasteiger partial charge >= 0.3 is 5.97 Å². The highest BCUT2D eigenvalue weighted by Gasteiger charge is 2.05. The lowest BCUT2D eigenvalue weighted by Gasteiger charge is -2.22. The molecule has 0 fully saturated rings. The van der Waals surface area contributed by atoms with Gasteiger partial charge in [0.2, 0.25) is 0 Å². The number of hydrogen-bond acceptors (Lipinski definition) is 2. The van der Waals surface area contributed by atoms with Crippen molar-refractivity contribution in [2.75, 3.05) is 30.5 Å². The van der Waals surface area contributed by atoms with E-state index in [1.165, 1.54) is 0 Å². The minimum Gasteiger partial charge on any atom is -0.481 e. The third kappa shape index (κ3) is 5.92. The van der Waals surface area contributed by atoms with Crippen molar-refractivity contribution >= 4 is 23.3 Å². The normalized spacial score (nSPS) is 10.4. The van der Waals surface area contributed by atoms with Gasteiger partial charge in [0.1, 0.15) is 6.67 Å². The summed E-state index contributed by atoms with van der Waals surface area (Å²) in [7, 11) is 0. The first-order chi connectivity index (χ1) is 9.17. The van der Waals surface area contributed by atoms with E-state index in [0.717, 1.165) is 17.7 Å². The van der Waals surface area contributed by atoms with Crippen molar-refractivity contribution in [2.24, 2.45) is 0 Å². The average molecular weight is 288 g/mol. The van der Waals surface area contributed by atoms with Gasteiger partial charge in [0.25, 0.3) is 0 Å². The van der Waals surface area contributed by atoms with Crippen LogP contribution in [-0.2, 0) is 11.2 Å². The van der Waals surface area contributed by atoms with E-state index in [4.69, 9.17) is 16.7 Å². The monoisotopic (exact) mass is 287 g/mol. The van der Waals surface area contributed by atoms with E-state index in [9.17, 15) is 9.18 Å². The SMILES string of the molecule is O=C(O)CCCc1ccc(N(CCF)CCCl)cc1. The molecule has 5 heteroatoms. The Labute approximate surface area is 118 Å². The Balaban J connectivity index is 2.55. The molecule has 3 nitrogen and oxygen atoms in total. The number of carbonyl (C=O) groups is 1. The molecule has 1 N–H and O–H groups in total. The maximum atomic E-state index is 12.4. The summed E-state index contributed by atoms with van der Waals surface area (Å²) >= 11 is 5.69. The highest BCUT2D eigenvalue weighted by atomic mass is 35.5. The Morgan fingerprint density at radius 2 is 1.95 bits per heavy atom. The van der Waals surface area contributed by atoms with E-state index >= 15 is 0 Å². The minimum absolute atomic E-state index is 0.183. The summed E-state index contributed by atoms with van der Waals surface area (Å²) < 4.78 is 12.4. The van der Waals surface area contributed by atoms with Gasteiger partial charge in [-0.15, -0.1) is 11.6 Å². The molecular weight excluding hydrogens is 269 g/mol. The summed E-state index contributed by atoms with van der Waals surface area (Å²) in [6.07, 6.45) is 1.55. The molecule has 0 saturated carbocycles. The molecule has 0 heterocycles. The molecule has 1 aromatic rings. The van der Waals surface area contributed by atoms with Crippen LogP contribution in [0.25, 0.3) is 0 Å². The Kier molecular flexibility index (Phi) is 7.26. The van der Waals surface area contributed by atoms with E-state index in [1.54, 1.807) is 0 Å². The number of carboxylic acid groups (broad SMARTS) is 1. The standard InChI is InChI=1S/C14H19ClFNO2/c15-8-10-17(11-9-16)13-6-4-12(5-7-13)2-1-3-14(18)19/h4-7H,1-3,8-11H2,(H,18,19). The zero-order chi connectivity index (χ0) is 14.1. The molecule has 106 valence electrons. The predicted octanol–water partition coefficient (Wildman–Crippen LogP) is 3.11. The Morgan fingerprint density at radius 1 is 1.26 bits per heavy atom. The van der Waals surface area contributed by atoms with Gasteiger partial charge in [0.05, 0.1) is 0 Å². The minimum atomic E-state index is -0.771. The number of anilines is 1. The highest BCUT2D eigenvalue weighted by Crippen LogP contribution is 2.16. The van der Waals surface area contributed by atoms with Gasteiger partial charge in [-0.2, -0.15) is 0 Å². The lowest BCUT2D eigenvalue weighted by atomic mass is 10.1. The molecule has 1 aromatic carbocycles. The van der Waals surface area contributed by atoms with Crippen LogP contribution in [-0.4, -0.2) is 36.7 Å². The number of aryl methyl sites for hydroxylation is 1. The van der Waals surface area contributed by atoms with Crippen LogP contribution in [0.5, 0.6) is 0 Å². The zero-order valence-electron chi connectivity index (χ0n) is 10.8. The first-order valence-corrected chi connectivity index (χ1v) is 6.88. The number of rotatable bonds is 9. The number of hydrogen-bond donors (Lipinski definition) is 1. The topological polar surface area (TPSA) is 40.5 Å². The Hall–Kier alpha value is -1.29. The van der Waals surface area contributed by atoms with Crippen molar-refractivity contribution in [1.82, 2.24) is 0 Å². The lowest BCUT2D eigenvalue weighted by molar-refractivity contribution is -0.137. The van der Waals surface area contributed by atoms with E-state index in [-0.39, 0.29) is 6.42 Å². The maximum absolute atomic E-state index is 12.4. The molecule has 0 radical (unpaired) electrons. The summed E-state index contributed by atoms with van der Waals surface area (Å²) in [6.45, 7) is 0.548. The van der Waals surface area contributed by atoms with Crippen molar-refractivity contribution in [2.45, 2.75) is 19.3 Å². The van der Waals surface area contributed by atoms with E-state index in [0.29, 0.717) is 25.4 Å². The second-order valence-corrected chi connectivity index (χ2v) is 4.66. The highest BCUT2D eigenvalue weighted by molar-refractivity contribution is 6.18. The van der Waals surface area contributed by atoms with Gasteiger partial charge in [-0.25, -0.2) is 4.39 Å². The van der Waals surface area contributed by atoms with Gasteiger partial charge in [-0.05, 0) is 30.5 Å². The van der Waals surface area contributed by atoms with E-state index in [1.807, 2.05) is 29.2 Å². The fourth-order valence-corrected chi connectivity index (χ4v) is 2.10. The number of aliphatic carboxylic acids is 1. The lowest BCUT2D eigenvalue weighted by Crippen LogP contribution is -2.27. The number of nitrogens with zero attached hydrogens (tertiary/aromatic N) is 1. The van der Waals surface area contributed by atoms with Crippen LogP contribution in [0, 0.1) is 0 Å². The second kappa shape index (κ2) is 8.75. The van der Waals surface area contributed by atoms with Crippen molar-refractivity contribution in [3.05, 3.63) is 29.8 Å². The quantitative estimate of drug-likeness (QED) is 0.710. The van der Waals surface area contributed by atoms with Gasteiger partial charge in [0.15, 0.2) is 0 Å².